The van der Waals surface area contributed by atoms with Crippen LogP contribution >= 0.6 is 0 Å². The molecule has 0 saturated carbocycles. The number of hydrogen-bond acceptors (Lipinski definition) is 4. The molecule has 0 bridgehead atoms. The third-order valence-electron chi connectivity index (χ3n) is 1.80. The maximum Gasteiger partial charge on any atom is 0.307 e. The summed E-state index contributed by atoms with van der Waals surface area (Å²) in [7, 11) is 0. The molecule has 5 nitrogen and oxygen atoms in total. The summed E-state index contributed by atoms with van der Waals surface area (Å²) in [6.45, 7) is 0. The summed E-state index contributed by atoms with van der Waals surface area (Å²) in [5.74, 6) is -0.171. The van der Waals surface area contributed by atoms with Crippen molar-refractivity contribution >= 4 is 12.1 Å². The van der Waals surface area contributed by atoms with Crippen LogP contribution in [0.15, 0.2) is 52.3 Å². The van der Waals surface area contributed by atoms with Crippen LogP contribution in [-0.2, 0) is 0 Å². The van der Waals surface area contributed by atoms with Crippen molar-refractivity contribution in [3.05, 3.63) is 54.2 Å². The molecule has 0 aliphatic heterocycles. The zero-order valence-electron chi connectivity index (χ0n) is 8.33. The number of hydrogen-bond donors (Lipinski definition) is 1. The van der Waals surface area contributed by atoms with Gasteiger partial charge in [-0.05, 0) is 24.3 Å². The molecule has 2 rings (SSSR count). The molecule has 1 N–H and O–H groups in total. The number of hydrazone groups is 1. The predicted molar refractivity (Wildman–Crippen MR) is 58.0 cm³/mol. The van der Waals surface area contributed by atoms with Crippen LogP contribution in [0.5, 0.6) is 0 Å². The van der Waals surface area contributed by atoms with E-state index >= 15 is 0 Å². The van der Waals surface area contributed by atoms with E-state index in [0.29, 0.717) is 5.69 Å². The summed E-state index contributed by atoms with van der Waals surface area (Å²) in [6, 6.07) is 8.62. The van der Waals surface area contributed by atoms with Crippen molar-refractivity contribution in [1.82, 2.24) is 10.4 Å². The highest BCUT2D eigenvalue weighted by Gasteiger charge is 2.05. The van der Waals surface area contributed by atoms with Gasteiger partial charge < -0.3 is 4.42 Å². The molecule has 0 aliphatic rings. The van der Waals surface area contributed by atoms with E-state index in [1.165, 1.54) is 12.5 Å². The Hall–Kier alpha value is -2.43. The summed E-state index contributed by atoms with van der Waals surface area (Å²) in [5, 5.41) is 3.75. The molecule has 2 aromatic heterocycles. The normalized spacial score (nSPS) is 10.5. The molecule has 0 atom stereocenters. The highest BCUT2D eigenvalue weighted by molar-refractivity contribution is 5.92. The van der Waals surface area contributed by atoms with Crippen molar-refractivity contribution in [3.8, 4) is 0 Å². The van der Waals surface area contributed by atoms with Gasteiger partial charge in [-0.1, -0.05) is 6.07 Å². The van der Waals surface area contributed by atoms with E-state index < -0.39 is 5.91 Å². The molecule has 80 valence electrons. The minimum atomic E-state index is -0.391. The Bertz CT molecular complexity index is 477. The van der Waals surface area contributed by atoms with Gasteiger partial charge in [0.2, 0.25) is 0 Å². The lowest BCUT2D eigenvalue weighted by molar-refractivity contribution is 0.0927. The number of furan rings is 1. The average molecular weight is 215 g/mol. The van der Waals surface area contributed by atoms with E-state index in [1.807, 2.05) is 6.07 Å². The molecule has 5 heteroatoms. The van der Waals surface area contributed by atoms with E-state index in [-0.39, 0.29) is 5.76 Å². The fraction of sp³-hybridized carbons (Fsp3) is 0. The van der Waals surface area contributed by atoms with Gasteiger partial charge in [-0.25, -0.2) is 5.43 Å². The van der Waals surface area contributed by atoms with Crippen molar-refractivity contribution in [1.29, 1.82) is 0 Å². The quantitative estimate of drug-likeness (QED) is 0.622. The maximum absolute atomic E-state index is 11.4. The Balaban J connectivity index is 1.93. The van der Waals surface area contributed by atoms with Crippen LogP contribution in [0.2, 0.25) is 0 Å². The largest absolute Gasteiger partial charge is 0.459 e. The van der Waals surface area contributed by atoms with E-state index in [4.69, 9.17) is 4.42 Å². The van der Waals surface area contributed by atoms with E-state index in [1.54, 1.807) is 30.5 Å². The van der Waals surface area contributed by atoms with Gasteiger partial charge in [-0.3, -0.25) is 9.78 Å². The molecule has 0 fully saturated rings. The van der Waals surface area contributed by atoms with E-state index in [0.717, 1.165) is 0 Å². The fourth-order valence-corrected chi connectivity index (χ4v) is 1.07. The molecule has 16 heavy (non-hydrogen) atoms. The second-order valence-corrected chi connectivity index (χ2v) is 2.93. The van der Waals surface area contributed by atoms with Crippen LogP contribution in [0.1, 0.15) is 16.2 Å². The highest BCUT2D eigenvalue weighted by atomic mass is 16.3. The van der Waals surface area contributed by atoms with Crippen molar-refractivity contribution in [2.24, 2.45) is 5.10 Å². The Morgan fingerprint density at radius 1 is 1.38 bits per heavy atom. The predicted octanol–water partition coefficient (Wildman–Crippen LogP) is 1.44. The fourth-order valence-electron chi connectivity index (χ4n) is 1.07. The SMILES string of the molecule is O=C(N/N=C\c1ccccn1)c1ccco1. The summed E-state index contributed by atoms with van der Waals surface area (Å²) in [5.41, 5.74) is 3.00. The third kappa shape index (κ3) is 2.54. The maximum atomic E-state index is 11.4. The van der Waals surface area contributed by atoms with Crippen molar-refractivity contribution in [3.63, 3.8) is 0 Å². The van der Waals surface area contributed by atoms with Gasteiger partial charge >= 0.3 is 5.91 Å². The number of nitrogens with one attached hydrogen (secondary N) is 1. The number of aromatic nitrogens is 1. The van der Waals surface area contributed by atoms with Gasteiger partial charge in [-0.15, -0.1) is 0 Å². The molecule has 2 aromatic rings. The minimum Gasteiger partial charge on any atom is -0.459 e. The number of rotatable bonds is 3. The standard InChI is InChI=1S/C11H9N3O2/c15-11(10-5-3-7-16-10)14-13-8-9-4-1-2-6-12-9/h1-8H,(H,14,15)/b13-8-. The monoisotopic (exact) mass is 215 g/mol. The van der Waals surface area contributed by atoms with Gasteiger partial charge in [0.1, 0.15) is 0 Å². The number of carbonyl (C=O) groups excluding carboxylic acids is 1. The Kier molecular flexibility index (Phi) is 3.08. The molecule has 0 radical (unpaired) electrons. The first-order valence-corrected chi connectivity index (χ1v) is 4.64. The minimum absolute atomic E-state index is 0.221. The zero-order valence-corrected chi connectivity index (χ0v) is 8.33. The Morgan fingerprint density at radius 2 is 2.31 bits per heavy atom. The van der Waals surface area contributed by atoms with E-state index in [2.05, 4.69) is 15.5 Å². The first kappa shape index (κ1) is 10.1. The smallest absolute Gasteiger partial charge is 0.307 e. The van der Waals surface area contributed by atoms with E-state index in [9.17, 15) is 4.79 Å². The Morgan fingerprint density at radius 3 is 3.00 bits per heavy atom. The lowest BCUT2D eigenvalue weighted by Crippen LogP contribution is -2.16. The number of carbonyl (C=O) groups is 1. The van der Waals surface area contributed by atoms with Crippen LogP contribution < -0.4 is 5.43 Å². The second kappa shape index (κ2) is 4.88. The molecular formula is C11H9N3O2. The van der Waals surface area contributed by atoms with Crippen LogP contribution in [0.4, 0.5) is 0 Å². The molecule has 0 unspecified atom stereocenters. The summed E-state index contributed by atoms with van der Waals surface area (Å²) >= 11 is 0. The molecule has 0 spiro atoms. The number of amides is 1. The van der Waals surface area contributed by atoms with Gasteiger partial charge in [0.15, 0.2) is 5.76 Å². The highest BCUT2D eigenvalue weighted by Crippen LogP contribution is 1.98. The second-order valence-electron chi connectivity index (χ2n) is 2.93. The van der Waals surface area contributed by atoms with Gasteiger partial charge in [0.05, 0.1) is 18.2 Å². The summed E-state index contributed by atoms with van der Waals surface area (Å²) in [6.07, 6.45) is 4.54. The van der Waals surface area contributed by atoms with Crippen LogP contribution in [0.3, 0.4) is 0 Å². The first-order valence-electron chi connectivity index (χ1n) is 4.64. The van der Waals surface area contributed by atoms with Crippen molar-refractivity contribution in [2.75, 3.05) is 0 Å². The molecule has 2 heterocycles. The zero-order chi connectivity index (χ0) is 11.2. The van der Waals surface area contributed by atoms with Crippen molar-refractivity contribution < 1.29 is 9.21 Å². The number of nitrogens with zero attached hydrogens (tertiary/aromatic N) is 2. The van der Waals surface area contributed by atoms with Gasteiger partial charge in [-0.2, -0.15) is 5.10 Å². The lowest BCUT2D eigenvalue weighted by Gasteiger charge is -1.94. The molecule has 0 saturated heterocycles. The average Bonchev–Trinajstić information content (AvgIpc) is 2.84. The lowest BCUT2D eigenvalue weighted by atomic mass is 10.4. The number of pyridine rings is 1. The summed E-state index contributed by atoms with van der Waals surface area (Å²) < 4.78 is 4.90. The third-order valence-corrected chi connectivity index (χ3v) is 1.80. The molecule has 0 aromatic carbocycles. The molecular weight excluding hydrogens is 206 g/mol. The Labute approximate surface area is 91.8 Å². The molecule has 1 amide bonds. The molecule has 0 aliphatic carbocycles. The van der Waals surface area contributed by atoms with Crippen LogP contribution in [-0.4, -0.2) is 17.1 Å². The van der Waals surface area contributed by atoms with Gasteiger partial charge in [0.25, 0.3) is 0 Å². The van der Waals surface area contributed by atoms with Crippen molar-refractivity contribution in [2.45, 2.75) is 0 Å². The van der Waals surface area contributed by atoms with Gasteiger partial charge in [0, 0.05) is 6.20 Å². The topological polar surface area (TPSA) is 67.5 Å². The van der Waals surface area contributed by atoms with Crippen LogP contribution in [0.25, 0.3) is 0 Å². The summed E-state index contributed by atoms with van der Waals surface area (Å²) in [4.78, 5) is 15.4. The van der Waals surface area contributed by atoms with Crippen LogP contribution in [0, 0.1) is 0 Å². The first-order chi connectivity index (χ1) is 7.86.